The number of benzene rings is 1. The minimum atomic E-state index is -0.281. The van der Waals surface area contributed by atoms with Crippen LogP contribution in [0.1, 0.15) is 23.4 Å². The Labute approximate surface area is 149 Å². The standard InChI is InChI=1S/C18H18N2O4S/c1-20(11-5-8-16(21)23-2)18(22)14-10-9-13(24-14)17-19-12-6-3-4-7-15(12)25-17/h3-4,6-7,9-10H,5,8,11H2,1-2H3. The van der Waals surface area contributed by atoms with Gasteiger partial charge >= 0.3 is 5.97 Å². The number of carbonyl (C=O) groups excluding carboxylic acids is 2. The van der Waals surface area contributed by atoms with E-state index in [1.165, 1.54) is 23.3 Å². The van der Waals surface area contributed by atoms with E-state index < -0.39 is 0 Å². The third-order valence-electron chi connectivity index (χ3n) is 3.77. The summed E-state index contributed by atoms with van der Waals surface area (Å²) in [6.07, 6.45) is 0.823. The van der Waals surface area contributed by atoms with Crippen molar-refractivity contribution in [3.63, 3.8) is 0 Å². The fourth-order valence-corrected chi connectivity index (χ4v) is 3.33. The van der Waals surface area contributed by atoms with Crippen molar-refractivity contribution in [2.24, 2.45) is 0 Å². The van der Waals surface area contributed by atoms with Gasteiger partial charge in [0.15, 0.2) is 16.5 Å². The third kappa shape index (κ3) is 3.88. The van der Waals surface area contributed by atoms with Gasteiger partial charge in [0.25, 0.3) is 5.91 Å². The van der Waals surface area contributed by atoms with E-state index in [0.29, 0.717) is 18.7 Å². The van der Waals surface area contributed by atoms with Crippen molar-refractivity contribution in [2.45, 2.75) is 12.8 Å². The fraction of sp³-hybridized carbons (Fsp3) is 0.278. The van der Waals surface area contributed by atoms with Crippen LogP contribution in [0.5, 0.6) is 0 Å². The SMILES string of the molecule is COC(=O)CCCN(C)C(=O)c1ccc(-c2nc3ccccc3s2)o1. The highest BCUT2D eigenvalue weighted by Crippen LogP contribution is 2.31. The van der Waals surface area contributed by atoms with Crippen molar-refractivity contribution in [1.82, 2.24) is 9.88 Å². The molecule has 0 fully saturated rings. The number of aromatic nitrogens is 1. The number of para-hydroxylation sites is 1. The van der Waals surface area contributed by atoms with Gasteiger partial charge in [-0.2, -0.15) is 0 Å². The van der Waals surface area contributed by atoms with Gasteiger partial charge in [-0.1, -0.05) is 12.1 Å². The molecule has 2 heterocycles. The highest BCUT2D eigenvalue weighted by Gasteiger charge is 2.18. The van der Waals surface area contributed by atoms with Crippen LogP contribution in [0, 0.1) is 0 Å². The average molecular weight is 358 g/mol. The Morgan fingerprint density at radius 1 is 1.24 bits per heavy atom. The second-order valence-electron chi connectivity index (χ2n) is 5.56. The van der Waals surface area contributed by atoms with Gasteiger partial charge < -0.3 is 14.1 Å². The van der Waals surface area contributed by atoms with E-state index >= 15 is 0 Å². The number of hydrogen-bond acceptors (Lipinski definition) is 6. The number of ether oxygens (including phenoxy) is 1. The normalized spacial score (nSPS) is 10.8. The zero-order valence-electron chi connectivity index (χ0n) is 14.0. The molecule has 6 nitrogen and oxygen atoms in total. The van der Waals surface area contributed by atoms with Gasteiger partial charge in [0.2, 0.25) is 0 Å². The van der Waals surface area contributed by atoms with Crippen LogP contribution in [0.25, 0.3) is 21.0 Å². The number of carbonyl (C=O) groups is 2. The van der Waals surface area contributed by atoms with Gasteiger partial charge in [0.1, 0.15) is 0 Å². The molecule has 25 heavy (non-hydrogen) atoms. The van der Waals surface area contributed by atoms with E-state index in [0.717, 1.165) is 15.2 Å². The van der Waals surface area contributed by atoms with Crippen molar-refractivity contribution < 1.29 is 18.7 Å². The van der Waals surface area contributed by atoms with Crippen LogP contribution in [-0.4, -0.2) is 42.5 Å². The summed E-state index contributed by atoms with van der Waals surface area (Å²) >= 11 is 1.52. The zero-order chi connectivity index (χ0) is 17.8. The molecular formula is C18H18N2O4S. The van der Waals surface area contributed by atoms with E-state index in [9.17, 15) is 9.59 Å². The first-order valence-electron chi connectivity index (χ1n) is 7.86. The first kappa shape index (κ1) is 17.2. The second kappa shape index (κ2) is 7.48. The van der Waals surface area contributed by atoms with Crippen molar-refractivity contribution in [3.8, 4) is 10.8 Å². The smallest absolute Gasteiger partial charge is 0.305 e. The molecule has 0 N–H and O–H groups in total. The molecule has 3 rings (SSSR count). The molecule has 0 atom stereocenters. The summed E-state index contributed by atoms with van der Waals surface area (Å²) in [5, 5.41) is 0.744. The third-order valence-corrected chi connectivity index (χ3v) is 4.82. The number of thiazole rings is 1. The zero-order valence-corrected chi connectivity index (χ0v) is 14.8. The molecule has 0 bridgehead atoms. The highest BCUT2D eigenvalue weighted by molar-refractivity contribution is 7.21. The van der Waals surface area contributed by atoms with Crippen LogP contribution < -0.4 is 0 Å². The topological polar surface area (TPSA) is 72.6 Å². The molecule has 0 aliphatic rings. The summed E-state index contributed by atoms with van der Waals surface area (Å²) in [5.74, 6) is 0.330. The molecule has 130 valence electrons. The molecule has 7 heteroatoms. The molecule has 0 aliphatic heterocycles. The highest BCUT2D eigenvalue weighted by atomic mass is 32.1. The Morgan fingerprint density at radius 2 is 2.04 bits per heavy atom. The number of methoxy groups -OCH3 is 1. The summed E-state index contributed by atoms with van der Waals surface area (Å²) in [7, 11) is 3.03. The molecule has 1 aromatic carbocycles. The quantitative estimate of drug-likeness (QED) is 0.630. The second-order valence-corrected chi connectivity index (χ2v) is 6.59. The van der Waals surface area contributed by atoms with E-state index in [2.05, 4.69) is 9.72 Å². The molecule has 0 aliphatic carbocycles. The van der Waals surface area contributed by atoms with Gasteiger partial charge in [0, 0.05) is 20.0 Å². The van der Waals surface area contributed by atoms with Crippen LogP contribution in [-0.2, 0) is 9.53 Å². The molecule has 0 saturated carbocycles. The fourth-order valence-electron chi connectivity index (χ4n) is 2.40. The lowest BCUT2D eigenvalue weighted by Crippen LogP contribution is -2.27. The molecule has 0 spiro atoms. The lowest BCUT2D eigenvalue weighted by Gasteiger charge is -2.14. The van der Waals surface area contributed by atoms with Crippen molar-refractivity contribution in [2.75, 3.05) is 20.7 Å². The molecule has 0 radical (unpaired) electrons. The van der Waals surface area contributed by atoms with Crippen LogP contribution in [0.3, 0.4) is 0 Å². The number of nitrogens with zero attached hydrogens (tertiary/aromatic N) is 2. The predicted octanol–water partition coefficient (Wildman–Crippen LogP) is 3.58. The van der Waals surface area contributed by atoms with Gasteiger partial charge in [-0.15, -0.1) is 11.3 Å². The van der Waals surface area contributed by atoms with E-state index in [4.69, 9.17) is 4.42 Å². The van der Waals surface area contributed by atoms with Crippen molar-refractivity contribution in [3.05, 3.63) is 42.2 Å². The van der Waals surface area contributed by atoms with Crippen LogP contribution in [0.4, 0.5) is 0 Å². The van der Waals surface area contributed by atoms with E-state index in [-0.39, 0.29) is 24.1 Å². The number of esters is 1. The molecule has 0 saturated heterocycles. The minimum Gasteiger partial charge on any atom is -0.469 e. The maximum absolute atomic E-state index is 12.4. The number of hydrogen-bond donors (Lipinski definition) is 0. The molecule has 3 aromatic rings. The maximum atomic E-state index is 12.4. The lowest BCUT2D eigenvalue weighted by atomic mass is 10.3. The van der Waals surface area contributed by atoms with Crippen LogP contribution in [0.15, 0.2) is 40.8 Å². The van der Waals surface area contributed by atoms with Gasteiger partial charge in [0.05, 0.1) is 17.3 Å². The Bertz CT molecular complexity index is 866. The van der Waals surface area contributed by atoms with Gasteiger partial charge in [-0.25, -0.2) is 4.98 Å². The monoisotopic (exact) mass is 358 g/mol. The van der Waals surface area contributed by atoms with Crippen molar-refractivity contribution in [1.29, 1.82) is 0 Å². The number of rotatable bonds is 6. The number of amides is 1. The molecule has 2 aromatic heterocycles. The number of fused-ring (bicyclic) bond motifs is 1. The molecular weight excluding hydrogens is 340 g/mol. The Kier molecular flexibility index (Phi) is 5.14. The maximum Gasteiger partial charge on any atom is 0.305 e. The molecule has 0 unspecified atom stereocenters. The van der Waals surface area contributed by atoms with Crippen LogP contribution >= 0.6 is 11.3 Å². The molecule has 1 amide bonds. The van der Waals surface area contributed by atoms with E-state index in [1.54, 1.807) is 19.2 Å². The summed E-state index contributed by atoms with van der Waals surface area (Å²) < 4.78 is 11.4. The Morgan fingerprint density at radius 3 is 2.80 bits per heavy atom. The van der Waals surface area contributed by atoms with Gasteiger partial charge in [-0.3, -0.25) is 9.59 Å². The number of furan rings is 1. The summed E-state index contributed by atoms with van der Waals surface area (Å²) in [6, 6.07) is 11.3. The van der Waals surface area contributed by atoms with Crippen LogP contribution in [0.2, 0.25) is 0 Å². The summed E-state index contributed by atoms with van der Waals surface area (Å²) in [4.78, 5) is 29.6. The first-order chi connectivity index (χ1) is 12.1. The van der Waals surface area contributed by atoms with E-state index in [1.807, 2.05) is 24.3 Å². The Balaban J connectivity index is 1.67. The summed E-state index contributed by atoms with van der Waals surface area (Å²) in [6.45, 7) is 0.450. The first-order valence-corrected chi connectivity index (χ1v) is 8.68. The largest absolute Gasteiger partial charge is 0.469 e. The summed E-state index contributed by atoms with van der Waals surface area (Å²) in [5.41, 5.74) is 0.909. The van der Waals surface area contributed by atoms with Crippen molar-refractivity contribution >= 4 is 33.4 Å². The van der Waals surface area contributed by atoms with Gasteiger partial charge in [-0.05, 0) is 30.7 Å². The minimum absolute atomic E-state index is 0.225. The lowest BCUT2D eigenvalue weighted by molar-refractivity contribution is -0.140. The predicted molar refractivity (Wildman–Crippen MR) is 95.5 cm³/mol. The Hall–Kier alpha value is -2.67. The average Bonchev–Trinajstić information content (AvgIpc) is 3.27.